The van der Waals surface area contributed by atoms with E-state index in [1.165, 1.54) is 0 Å². The van der Waals surface area contributed by atoms with Gasteiger partial charge < -0.3 is 0 Å². The van der Waals surface area contributed by atoms with Crippen LogP contribution in [0.5, 0.6) is 0 Å². The molecule has 2 aromatic rings. The molecule has 0 saturated heterocycles. The van der Waals surface area contributed by atoms with Crippen LogP contribution < -0.4 is 0 Å². The Bertz CT molecular complexity index is 454. The van der Waals surface area contributed by atoms with Crippen molar-refractivity contribution in [2.45, 2.75) is 13.8 Å². The highest BCUT2D eigenvalue weighted by atomic mass is 35.5. The zero-order chi connectivity index (χ0) is 10.8. The molecule has 1 aromatic heterocycles. The first-order chi connectivity index (χ1) is 7.18. The fourth-order valence-corrected chi connectivity index (χ4v) is 2.09. The Morgan fingerprint density at radius 2 is 1.87 bits per heavy atom. The van der Waals surface area contributed by atoms with E-state index >= 15 is 0 Å². The molecule has 0 aliphatic heterocycles. The normalized spacial score (nSPS) is 10.3. The molecule has 0 aliphatic carbocycles. The minimum atomic E-state index is 0.756. The average molecular weight is 217 g/mol. The highest BCUT2D eigenvalue weighted by molar-refractivity contribution is 6.33. The van der Waals surface area contributed by atoms with E-state index in [4.69, 9.17) is 11.6 Å². The lowest BCUT2D eigenvalue weighted by Gasteiger charge is -2.08. The maximum Gasteiger partial charge on any atom is 0.0520 e. The first-order valence-electron chi connectivity index (χ1n) is 4.78. The van der Waals surface area contributed by atoms with Gasteiger partial charge >= 0.3 is 0 Å². The molecule has 1 heterocycles. The number of halogens is 1. The van der Waals surface area contributed by atoms with Gasteiger partial charge in [-0.05, 0) is 31.5 Å². The van der Waals surface area contributed by atoms with Gasteiger partial charge in [-0.3, -0.25) is 4.98 Å². The van der Waals surface area contributed by atoms with Crippen LogP contribution >= 0.6 is 11.6 Å². The summed E-state index contributed by atoms with van der Waals surface area (Å²) >= 11 is 6.22. The van der Waals surface area contributed by atoms with Gasteiger partial charge in [-0.1, -0.05) is 35.9 Å². The Morgan fingerprint density at radius 1 is 1.20 bits per heavy atom. The Kier molecular flexibility index (Phi) is 2.74. The highest BCUT2D eigenvalue weighted by Crippen LogP contribution is 2.30. The minimum absolute atomic E-state index is 0.756. The van der Waals surface area contributed by atoms with Crippen molar-refractivity contribution in [3.63, 3.8) is 0 Å². The van der Waals surface area contributed by atoms with Crippen LogP contribution in [0.4, 0.5) is 0 Å². The van der Waals surface area contributed by atoms with E-state index in [1.54, 1.807) is 0 Å². The molecular weight excluding hydrogens is 206 g/mol. The minimum Gasteiger partial charge on any atom is -0.258 e. The van der Waals surface area contributed by atoms with Gasteiger partial charge in [-0.15, -0.1) is 0 Å². The topological polar surface area (TPSA) is 12.9 Å². The van der Waals surface area contributed by atoms with Gasteiger partial charge in [0.2, 0.25) is 0 Å². The molecule has 0 saturated carbocycles. The predicted molar refractivity (Wildman–Crippen MR) is 63.0 cm³/mol. The number of hydrogen-bond acceptors (Lipinski definition) is 1. The number of aromatic nitrogens is 1. The van der Waals surface area contributed by atoms with Gasteiger partial charge in [0, 0.05) is 17.0 Å². The quantitative estimate of drug-likeness (QED) is 0.706. The maximum absolute atomic E-state index is 6.22. The van der Waals surface area contributed by atoms with Gasteiger partial charge in [-0.25, -0.2) is 0 Å². The molecule has 15 heavy (non-hydrogen) atoms. The van der Waals surface area contributed by atoms with Crippen LogP contribution in [-0.2, 0) is 0 Å². The lowest BCUT2D eigenvalue weighted by atomic mass is 10.0. The number of pyridine rings is 1. The van der Waals surface area contributed by atoms with Crippen LogP contribution in [-0.4, -0.2) is 4.98 Å². The van der Waals surface area contributed by atoms with E-state index in [0.29, 0.717) is 0 Å². The third-order valence-electron chi connectivity index (χ3n) is 2.29. The Balaban J connectivity index is 2.64. The lowest BCUT2D eigenvalue weighted by molar-refractivity contribution is 1.13. The van der Waals surface area contributed by atoms with Crippen molar-refractivity contribution in [1.82, 2.24) is 4.98 Å². The van der Waals surface area contributed by atoms with E-state index in [1.807, 2.05) is 44.2 Å². The molecule has 0 atom stereocenters. The van der Waals surface area contributed by atoms with Crippen molar-refractivity contribution < 1.29 is 0 Å². The zero-order valence-corrected chi connectivity index (χ0v) is 9.47. The molecule has 0 amide bonds. The number of nitrogens with zero attached hydrogens (tertiary/aromatic N) is 1. The number of benzene rings is 1. The van der Waals surface area contributed by atoms with Crippen LogP contribution in [0.3, 0.4) is 0 Å². The van der Waals surface area contributed by atoms with Crippen LogP contribution in [0.15, 0.2) is 30.3 Å². The van der Waals surface area contributed by atoms with Crippen molar-refractivity contribution in [1.29, 1.82) is 0 Å². The summed E-state index contributed by atoms with van der Waals surface area (Å²) < 4.78 is 0. The second-order valence-corrected chi connectivity index (χ2v) is 3.90. The molecule has 1 nitrogen and oxygen atoms in total. The van der Waals surface area contributed by atoms with E-state index in [2.05, 4.69) is 11.1 Å². The fourth-order valence-electron chi connectivity index (χ4n) is 1.68. The van der Waals surface area contributed by atoms with E-state index in [-0.39, 0.29) is 0 Å². The Morgan fingerprint density at radius 3 is 2.47 bits per heavy atom. The van der Waals surface area contributed by atoms with Gasteiger partial charge in [0.1, 0.15) is 0 Å². The summed E-state index contributed by atoms with van der Waals surface area (Å²) in [6, 6.07) is 12.6. The highest BCUT2D eigenvalue weighted by Gasteiger charge is 2.08. The second kappa shape index (κ2) is 4.03. The Hall–Kier alpha value is -1.34. The van der Waals surface area contributed by atoms with Crippen molar-refractivity contribution >= 4 is 11.6 Å². The van der Waals surface area contributed by atoms with Gasteiger partial charge in [0.15, 0.2) is 0 Å². The molecule has 0 N–H and O–H groups in total. The van der Waals surface area contributed by atoms with Crippen LogP contribution in [0.2, 0.25) is 5.02 Å². The molecule has 0 spiro atoms. The van der Waals surface area contributed by atoms with Crippen LogP contribution in [0, 0.1) is 19.9 Å². The third kappa shape index (κ3) is 2.02. The Labute approximate surface area is 94.7 Å². The first-order valence-corrected chi connectivity index (χ1v) is 5.16. The molecule has 0 bridgehead atoms. The van der Waals surface area contributed by atoms with E-state index in [9.17, 15) is 0 Å². The van der Waals surface area contributed by atoms with Crippen molar-refractivity contribution in [2.24, 2.45) is 0 Å². The maximum atomic E-state index is 6.22. The van der Waals surface area contributed by atoms with E-state index in [0.717, 1.165) is 27.5 Å². The molecule has 0 aliphatic rings. The molecule has 0 unspecified atom stereocenters. The molecule has 0 fully saturated rings. The lowest BCUT2D eigenvalue weighted by Crippen LogP contribution is -1.91. The molecule has 2 rings (SSSR count). The first kappa shape index (κ1) is 10.2. The summed E-state index contributed by atoms with van der Waals surface area (Å²) in [5, 5.41) is 0.756. The van der Waals surface area contributed by atoms with Gasteiger partial charge in [-0.2, -0.15) is 0 Å². The zero-order valence-electron chi connectivity index (χ0n) is 8.71. The molecule has 1 radical (unpaired) electrons. The average Bonchev–Trinajstić information content (AvgIpc) is 2.17. The third-order valence-corrected chi connectivity index (χ3v) is 2.59. The second-order valence-electron chi connectivity index (χ2n) is 3.49. The summed E-state index contributed by atoms with van der Waals surface area (Å²) in [7, 11) is 0. The van der Waals surface area contributed by atoms with Crippen LogP contribution in [0.1, 0.15) is 11.4 Å². The van der Waals surface area contributed by atoms with Gasteiger partial charge in [0.25, 0.3) is 0 Å². The SMILES string of the molecule is Cc1cc(Cl)c(-c2cc[c]cc2)c(C)n1. The standard InChI is InChI=1S/C13H11ClN/c1-9-8-12(14)13(10(2)15-9)11-6-4-3-5-7-11/h4-8H,1-2H3. The number of aryl methyl sites for hydroxylation is 2. The van der Waals surface area contributed by atoms with E-state index < -0.39 is 0 Å². The largest absolute Gasteiger partial charge is 0.258 e. The molecular formula is C13H11ClN. The summed E-state index contributed by atoms with van der Waals surface area (Å²) in [5.74, 6) is 0. The van der Waals surface area contributed by atoms with Crippen molar-refractivity contribution in [3.05, 3.63) is 52.8 Å². The van der Waals surface area contributed by atoms with Crippen molar-refractivity contribution in [2.75, 3.05) is 0 Å². The molecule has 1 aromatic carbocycles. The molecule has 2 heteroatoms. The number of hydrogen-bond donors (Lipinski definition) is 0. The van der Waals surface area contributed by atoms with Gasteiger partial charge in [0.05, 0.1) is 5.02 Å². The molecule has 75 valence electrons. The smallest absolute Gasteiger partial charge is 0.0520 e. The van der Waals surface area contributed by atoms with Crippen LogP contribution in [0.25, 0.3) is 11.1 Å². The number of rotatable bonds is 1. The summed E-state index contributed by atoms with van der Waals surface area (Å²) in [4.78, 5) is 4.42. The summed E-state index contributed by atoms with van der Waals surface area (Å²) in [6.07, 6.45) is 0. The monoisotopic (exact) mass is 216 g/mol. The summed E-state index contributed by atoms with van der Waals surface area (Å²) in [5.41, 5.74) is 4.01. The summed E-state index contributed by atoms with van der Waals surface area (Å²) in [6.45, 7) is 3.92. The fraction of sp³-hybridized carbons (Fsp3) is 0.154. The van der Waals surface area contributed by atoms with Crippen molar-refractivity contribution in [3.8, 4) is 11.1 Å². The predicted octanol–water partition coefficient (Wildman–Crippen LogP) is 3.82.